The summed E-state index contributed by atoms with van der Waals surface area (Å²) in [6.07, 6.45) is 3.22. The van der Waals surface area contributed by atoms with Gasteiger partial charge in [-0.2, -0.15) is 0 Å². The highest BCUT2D eigenvalue weighted by Crippen LogP contribution is 2.25. The molecule has 1 fully saturated rings. The van der Waals surface area contributed by atoms with E-state index in [1.54, 1.807) is 0 Å². The van der Waals surface area contributed by atoms with Crippen LogP contribution in [0.25, 0.3) is 0 Å². The summed E-state index contributed by atoms with van der Waals surface area (Å²) in [6, 6.07) is 0. The molecule has 0 radical (unpaired) electrons. The fourth-order valence-electron chi connectivity index (χ4n) is 2.05. The van der Waals surface area contributed by atoms with Crippen LogP contribution >= 0.6 is 0 Å². The molecular weight excluding hydrogens is 218 g/mol. The fraction of sp³-hybridized carbons (Fsp3) is 0.923. The lowest BCUT2D eigenvalue weighted by atomic mass is 9.99. The number of ether oxygens (including phenoxy) is 2. The predicted molar refractivity (Wildman–Crippen MR) is 66.6 cm³/mol. The summed E-state index contributed by atoms with van der Waals surface area (Å²) in [5.74, 6) is -0.451. The predicted octanol–water partition coefficient (Wildman–Crippen LogP) is 1.86. The minimum absolute atomic E-state index is 0.158. The zero-order valence-electron chi connectivity index (χ0n) is 11.4. The Balaban J connectivity index is 2.45. The molecule has 0 aromatic heterocycles. The van der Waals surface area contributed by atoms with Crippen LogP contribution in [0.3, 0.4) is 0 Å². The number of hydrogen-bond donors (Lipinski definition) is 1. The molecule has 4 heteroatoms. The van der Waals surface area contributed by atoms with E-state index in [4.69, 9.17) is 15.2 Å². The van der Waals surface area contributed by atoms with Crippen molar-refractivity contribution < 1.29 is 14.3 Å². The Kier molecular flexibility index (Phi) is 4.95. The van der Waals surface area contributed by atoms with Crippen molar-refractivity contribution in [3.8, 4) is 0 Å². The Morgan fingerprint density at radius 2 is 2.12 bits per heavy atom. The first-order valence-corrected chi connectivity index (χ1v) is 6.40. The summed E-state index contributed by atoms with van der Waals surface area (Å²) in [6.45, 7) is 7.99. The van der Waals surface area contributed by atoms with E-state index in [1.165, 1.54) is 0 Å². The van der Waals surface area contributed by atoms with E-state index in [2.05, 4.69) is 6.92 Å². The zero-order chi connectivity index (χ0) is 13.1. The molecular formula is C13H25NO3. The smallest absolute Gasteiger partial charge is 0.310 e. The minimum atomic E-state index is -0.450. The van der Waals surface area contributed by atoms with Gasteiger partial charge in [-0.05, 0) is 47.0 Å². The van der Waals surface area contributed by atoms with E-state index in [9.17, 15) is 4.79 Å². The topological polar surface area (TPSA) is 61.6 Å². The number of carbonyl (C=O) groups excluding carboxylic acids is 1. The van der Waals surface area contributed by atoms with E-state index in [0.29, 0.717) is 19.1 Å². The maximum Gasteiger partial charge on any atom is 0.310 e. The van der Waals surface area contributed by atoms with Crippen molar-refractivity contribution in [2.24, 2.45) is 11.7 Å². The summed E-state index contributed by atoms with van der Waals surface area (Å²) in [5.41, 5.74) is 5.20. The summed E-state index contributed by atoms with van der Waals surface area (Å²) in [4.78, 5) is 11.9. The van der Waals surface area contributed by atoms with Crippen LogP contribution in [0.15, 0.2) is 0 Å². The highest BCUT2D eigenvalue weighted by atomic mass is 16.6. The van der Waals surface area contributed by atoms with Gasteiger partial charge in [-0.25, -0.2) is 0 Å². The van der Waals surface area contributed by atoms with Crippen molar-refractivity contribution >= 4 is 5.97 Å². The van der Waals surface area contributed by atoms with Gasteiger partial charge in [0.1, 0.15) is 5.60 Å². The van der Waals surface area contributed by atoms with Crippen LogP contribution in [-0.2, 0) is 14.3 Å². The molecule has 0 spiro atoms. The molecule has 100 valence electrons. The van der Waals surface area contributed by atoms with Gasteiger partial charge in [-0.3, -0.25) is 4.79 Å². The monoisotopic (exact) mass is 243 g/mol. The lowest BCUT2D eigenvalue weighted by Gasteiger charge is -2.24. The Bertz CT molecular complexity index is 260. The number of carbonyl (C=O) groups is 1. The third-order valence-corrected chi connectivity index (χ3v) is 2.89. The third kappa shape index (κ3) is 5.04. The standard InChI is InChI=1S/C13H25NO3/c1-9-5-6-11(16-9)7-10(8-14)12(15)17-13(2,3)4/h9-11H,5-8,14H2,1-4H3. The van der Waals surface area contributed by atoms with Gasteiger partial charge in [0.25, 0.3) is 0 Å². The average molecular weight is 243 g/mol. The number of nitrogens with two attached hydrogens (primary N) is 1. The van der Waals surface area contributed by atoms with Crippen LogP contribution in [0.2, 0.25) is 0 Å². The maximum atomic E-state index is 11.9. The average Bonchev–Trinajstić information content (AvgIpc) is 2.57. The Labute approximate surface area is 104 Å². The molecule has 4 nitrogen and oxygen atoms in total. The molecule has 1 saturated heterocycles. The third-order valence-electron chi connectivity index (χ3n) is 2.89. The first kappa shape index (κ1) is 14.5. The molecule has 1 heterocycles. The molecule has 1 rings (SSSR count). The van der Waals surface area contributed by atoms with E-state index in [1.807, 2.05) is 20.8 Å². The first-order chi connectivity index (χ1) is 7.81. The van der Waals surface area contributed by atoms with Crippen LogP contribution < -0.4 is 5.73 Å². The van der Waals surface area contributed by atoms with Gasteiger partial charge in [0.2, 0.25) is 0 Å². The van der Waals surface area contributed by atoms with Gasteiger partial charge in [0.05, 0.1) is 18.1 Å². The Morgan fingerprint density at radius 3 is 2.53 bits per heavy atom. The van der Waals surface area contributed by atoms with Crippen LogP contribution in [0.4, 0.5) is 0 Å². The summed E-state index contributed by atoms with van der Waals surface area (Å²) < 4.78 is 11.1. The quantitative estimate of drug-likeness (QED) is 0.766. The maximum absolute atomic E-state index is 11.9. The fourth-order valence-corrected chi connectivity index (χ4v) is 2.05. The normalized spacial score (nSPS) is 26.9. The van der Waals surface area contributed by atoms with Crippen molar-refractivity contribution in [1.82, 2.24) is 0 Å². The molecule has 17 heavy (non-hydrogen) atoms. The molecule has 0 bridgehead atoms. The highest BCUT2D eigenvalue weighted by Gasteiger charge is 2.30. The highest BCUT2D eigenvalue weighted by molar-refractivity contribution is 5.73. The number of esters is 1. The zero-order valence-corrected chi connectivity index (χ0v) is 11.4. The molecule has 0 aromatic carbocycles. The van der Waals surface area contributed by atoms with Crippen LogP contribution in [0, 0.1) is 5.92 Å². The second-order valence-corrected chi connectivity index (χ2v) is 5.85. The van der Waals surface area contributed by atoms with Crippen molar-refractivity contribution in [3.63, 3.8) is 0 Å². The molecule has 0 amide bonds. The Morgan fingerprint density at radius 1 is 1.47 bits per heavy atom. The van der Waals surface area contributed by atoms with Crippen molar-refractivity contribution in [2.75, 3.05) is 6.54 Å². The number of rotatable bonds is 4. The van der Waals surface area contributed by atoms with E-state index in [-0.39, 0.29) is 18.0 Å². The molecule has 1 aliphatic heterocycles. The van der Waals surface area contributed by atoms with Gasteiger partial charge in [0, 0.05) is 6.54 Å². The summed E-state index contributed by atoms with van der Waals surface area (Å²) in [5, 5.41) is 0. The van der Waals surface area contributed by atoms with Crippen molar-refractivity contribution in [3.05, 3.63) is 0 Å². The van der Waals surface area contributed by atoms with Crippen LogP contribution in [-0.4, -0.2) is 30.3 Å². The van der Waals surface area contributed by atoms with Crippen LogP contribution in [0.5, 0.6) is 0 Å². The lowest BCUT2D eigenvalue weighted by Crippen LogP contribution is -2.34. The molecule has 0 saturated carbocycles. The van der Waals surface area contributed by atoms with Gasteiger partial charge >= 0.3 is 5.97 Å². The van der Waals surface area contributed by atoms with E-state index < -0.39 is 5.60 Å². The Hall–Kier alpha value is -0.610. The molecule has 3 unspecified atom stereocenters. The molecule has 0 aliphatic carbocycles. The summed E-state index contributed by atoms with van der Waals surface area (Å²) in [7, 11) is 0. The number of hydrogen-bond acceptors (Lipinski definition) is 4. The SMILES string of the molecule is CC1CCC(CC(CN)C(=O)OC(C)(C)C)O1. The van der Waals surface area contributed by atoms with E-state index >= 15 is 0 Å². The molecule has 3 atom stereocenters. The van der Waals surface area contributed by atoms with Crippen molar-refractivity contribution in [1.29, 1.82) is 0 Å². The van der Waals surface area contributed by atoms with Crippen LogP contribution in [0.1, 0.15) is 47.0 Å². The van der Waals surface area contributed by atoms with Gasteiger partial charge in [-0.1, -0.05) is 0 Å². The second-order valence-electron chi connectivity index (χ2n) is 5.85. The second kappa shape index (κ2) is 5.83. The van der Waals surface area contributed by atoms with Gasteiger partial charge in [-0.15, -0.1) is 0 Å². The van der Waals surface area contributed by atoms with E-state index in [0.717, 1.165) is 12.8 Å². The largest absolute Gasteiger partial charge is 0.460 e. The lowest BCUT2D eigenvalue weighted by molar-refractivity contribution is -0.160. The molecule has 2 N–H and O–H groups in total. The molecule has 0 aromatic rings. The van der Waals surface area contributed by atoms with Crippen molar-refractivity contribution in [2.45, 2.75) is 64.8 Å². The minimum Gasteiger partial charge on any atom is -0.460 e. The summed E-state index contributed by atoms with van der Waals surface area (Å²) >= 11 is 0. The van der Waals surface area contributed by atoms with Gasteiger partial charge in [0.15, 0.2) is 0 Å². The van der Waals surface area contributed by atoms with Gasteiger partial charge < -0.3 is 15.2 Å². The first-order valence-electron chi connectivity index (χ1n) is 6.40. The molecule has 1 aliphatic rings.